The van der Waals surface area contributed by atoms with Gasteiger partial charge in [0.25, 0.3) is 0 Å². The van der Waals surface area contributed by atoms with Crippen LogP contribution >= 0.6 is 11.6 Å². The fourth-order valence-electron chi connectivity index (χ4n) is 2.08. The minimum absolute atomic E-state index is 0.171. The third-order valence-electron chi connectivity index (χ3n) is 3.22. The molecule has 1 N–H and O–H groups in total. The van der Waals surface area contributed by atoms with Gasteiger partial charge in [0.05, 0.1) is 12.8 Å². The van der Waals surface area contributed by atoms with Crippen molar-refractivity contribution in [2.24, 2.45) is 0 Å². The highest BCUT2D eigenvalue weighted by molar-refractivity contribution is 7.88. The Bertz CT molecular complexity index is 820. The summed E-state index contributed by atoms with van der Waals surface area (Å²) in [5.41, 5.74) is 0.892. The van der Waals surface area contributed by atoms with Crippen LogP contribution in [-0.2, 0) is 21.2 Å². The van der Waals surface area contributed by atoms with Crippen molar-refractivity contribution in [1.29, 1.82) is 0 Å². The summed E-state index contributed by atoms with van der Waals surface area (Å²) >= 11 is 5.91. The summed E-state index contributed by atoms with van der Waals surface area (Å²) in [5, 5.41) is 6.72. The van der Waals surface area contributed by atoms with E-state index in [1.807, 2.05) is 6.07 Å². The molecule has 0 atom stereocenters. The summed E-state index contributed by atoms with van der Waals surface area (Å²) in [7, 11) is -3.53. The van der Waals surface area contributed by atoms with Gasteiger partial charge < -0.3 is 9.84 Å². The minimum atomic E-state index is -3.53. The third-order valence-corrected chi connectivity index (χ3v) is 4.71. The van der Waals surface area contributed by atoms with Crippen molar-refractivity contribution in [3.05, 3.63) is 46.7 Å². The van der Waals surface area contributed by atoms with Gasteiger partial charge in [-0.25, -0.2) is 8.42 Å². The van der Waals surface area contributed by atoms with E-state index < -0.39 is 15.9 Å². The molecule has 2 aromatic rings. The number of amides is 1. The second-order valence-electron chi connectivity index (χ2n) is 5.35. The molecule has 7 nitrogen and oxygen atoms in total. The molecule has 0 radical (unpaired) electrons. The number of aromatic nitrogens is 1. The van der Waals surface area contributed by atoms with Gasteiger partial charge in [0.15, 0.2) is 5.82 Å². The van der Waals surface area contributed by atoms with Crippen LogP contribution in [0.1, 0.15) is 11.3 Å². The van der Waals surface area contributed by atoms with Gasteiger partial charge >= 0.3 is 0 Å². The molecule has 1 heterocycles. The number of carbonyl (C=O) groups is 1. The smallest absolute Gasteiger partial charge is 0.240 e. The van der Waals surface area contributed by atoms with E-state index in [1.165, 1.54) is 0 Å². The van der Waals surface area contributed by atoms with Crippen LogP contribution in [0.25, 0.3) is 0 Å². The van der Waals surface area contributed by atoms with Crippen LogP contribution in [-0.4, -0.2) is 43.1 Å². The number of anilines is 1. The number of nitrogens with zero attached hydrogens (tertiary/aromatic N) is 2. The van der Waals surface area contributed by atoms with Crippen molar-refractivity contribution in [3.63, 3.8) is 0 Å². The Morgan fingerprint density at radius 3 is 2.71 bits per heavy atom. The van der Waals surface area contributed by atoms with Crippen molar-refractivity contribution in [1.82, 2.24) is 9.46 Å². The number of hydrogen-bond donors (Lipinski definition) is 1. The highest BCUT2D eigenvalue weighted by Crippen LogP contribution is 2.12. The van der Waals surface area contributed by atoms with Crippen LogP contribution < -0.4 is 5.32 Å². The number of sulfonamides is 1. The minimum Gasteiger partial charge on any atom is -0.360 e. The zero-order valence-electron chi connectivity index (χ0n) is 13.3. The molecule has 0 fully saturated rings. The summed E-state index contributed by atoms with van der Waals surface area (Å²) in [6.07, 6.45) is 1.52. The van der Waals surface area contributed by atoms with Crippen LogP contribution in [0, 0.1) is 6.92 Å². The second-order valence-corrected chi connectivity index (χ2v) is 7.77. The van der Waals surface area contributed by atoms with Crippen molar-refractivity contribution in [2.45, 2.75) is 13.3 Å². The van der Waals surface area contributed by atoms with Crippen LogP contribution in [0.2, 0.25) is 5.02 Å². The lowest BCUT2D eigenvalue weighted by Gasteiger charge is -2.19. The molecule has 0 saturated heterocycles. The average Bonchev–Trinajstić information content (AvgIpc) is 2.87. The van der Waals surface area contributed by atoms with E-state index in [9.17, 15) is 13.2 Å². The van der Waals surface area contributed by atoms with Crippen LogP contribution in [0.3, 0.4) is 0 Å². The maximum atomic E-state index is 12.0. The molecule has 1 aromatic carbocycles. The van der Waals surface area contributed by atoms with Crippen LogP contribution in [0.5, 0.6) is 0 Å². The first-order valence-electron chi connectivity index (χ1n) is 7.17. The molecule has 2 rings (SSSR count). The highest BCUT2D eigenvalue weighted by atomic mass is 35.5. The predicted octanol–water partition coefficient (Wildman–Crippen LogP) is 2.08. The summed E-state index contributed by atoms with van der Waals surface area (Å²) in [5.74, 6) is 0.312. The summed E-state index contributed by atoms with van der Waals surface area (Å²) < 4.78 is 29.7. The van der Waals surface area contributed by atoms with E-state index in [4.69, 9.17) is 16.1 Å². The van der Waals surface area contributed by atoms with Gasteiger partial charge in [-0.2, -0.15) is 4.31 Å². The highest BCUT2D eigenvalue weighted by Gasteiger charge is 2.20. The molecule has 0 bridgehead atoms. The number of carbonyl (C=O) groups excluding carboxylic acids is 1. The molecule has 0 unspecified atom stereocenters. The SMILES string of the molecule is Cc1cc(NC(=O)CN(CCc2cccc(Cl)c2)S(C)(=O)=O)no1. The molecular weight excluding hydrogens is 354 g/mol. The van der Waals surface area contributed by atoms with Crippen molar-refractivity contribution >= 4 is 33.3 Å². The van der Waals surface area contributed by atoms with E-state index in [0.717, 1.165) is 16.1 Å². The van der Waals surface area contributed by atoms with E-state index >= 15 is 0 Å². The summed E-state index contributed by atoms with van der Waals surface area (Å²) in [4.78, 5) is 12.0. The summed E-state index contributed by atoms with van der Waals surface area (Å²) in [6, 6.07) is 8.70. The van der Waals surface area contributed by atoms with Crippen molar-refractivity contribution in [3.8, 4) is 0 Å². The van der Waals surface area contributed by atoms with Crippen molar-refractivity contribution in [2.75, 3.05) is 24.7 Å². The first kappa shape index (κ1) is 18.4. The Hall–Kier alpha value is -1.90. The van der Waals surface area contributed by atoms with Gasteiger partial charge in [0.1, 0.15) is 5.76 Å². The van der Waals surface area contributed by atoms with Gasteiger partial charge in [0, 0.05) is 17.6 Å². The zero-order valence-corrected chi connectivity index (χ0v) is 14.9. The quantitative estimate of drug-likeness (QED) is 0.804. The lowest BCUT2D eigenvalue weighted by molar-refractivity contribution is -0.116. The maximum absolute atomic E-state index is 12.0. The molecule has 130 valence electrons. The number of benzene rings is 1. The molecule has 1 amide bonds. The van der Waals surface area contributed by atoms with Crippen molar-refractivity contribution < 1.29 is 17.7 Å². The number of nitrogens with one attached hydrogen (secondary N) is 1. The largest absolute Gasteiger partial charge is 0.360 e. The fourth-order valence-corrected chi connectivity index (χ4v) is 3.06. The molecule has 0 aliphatic carbocycles. The number of halogens is 1. The maximum Gasteiger partial charge on any atom is 0.240 e. The van der Waals surface area contributed by atoms with Gasteiger partial charge in [0.2, 0.25) is 15.9 Å². The molecule has 0 aliphatic rings. The molecule has 0 spiro atoms. The fraction of sp³-hybridized carbons (Fsp3) is 0.333. The Labute approximate surface area is 145 Å². The molecule has 9 heteroatoms. The van der Waals surface area contributed by atoms with E-state index in [2.05, 4.69) is 10.5 Å². The van der Waals surface area contributed by atoms with Crippen LogP contribution in [0.15, 0.2) is 34.9 Å². The Morgan fingerprint density at radius 1 is 1.38 bits per heavy atom. The first-order chi connectivity index (χ1) is 11.2. The molecule has 0 saturated carbocycles. The monoisotopic (exact) mass is 371 g/mol. The van der Waals surface area contributed by atoms with Gasteiger partial charge in [-0.1, -0.05) is 28.9 Å². The normalized spacial score (nSPS) is 11.7. The van der Waals surface area contributed by atoms with Gasteiger partial charge in [-0.15, -0.1) is 0 Å². The predicted molar refractivity (Wildman–Crippen MR) is 91.4 cm³/mol. The molecule has 1 aromatic heterocycles. The lowest BCUT2D eigenvalue weighted by atomic mass is 10.1. The molecule has 24 heavy (non-hydrogen) atoms. The Morgan fingerprint density at radius 2 is 2.12 bits per heavy atom. The van der Waals surface area contributed by atoms with Gasteiger partial charge in [-0.05, 0) is 31.0 Å². The topological polar surface area (TPSA) is 92.5 Å². The zero-order chi connectivity index (χ0) is 17.7. The lowest BCUT2D eigenvalue weighted by Crippen LogP contribution is -2.38. The standard InChI is InChI=1S/C15H18ClN3O4S/c1-11-8-14(18-23-11)17-15(20)10-19(24(2,21)22)7-6-12-4-3-5-13(16)9-12/h3-5,8-9H,6-7,10H2,1-2H3,(H,17,18,20). The molecule has 0 aliphatic heterocycles. The second kappa shape index (κ2) is 7.78. The molecular formula is C15H18ClN3O4S. The third kappa shape index (κ3) is 5.63. The summed E-state index contributed by atoms with van der Waals surface area (Å²) in [6.45, 7) is 1.56. The van der Waals surface area contributed by atoms with E-state index in [-0.39, 0.29) is 18.9 Å². The average molecular weight is 372 g/mol. The number of hydrogen-bond acceptors (Lipinski definition) is 5. The van der Waals surface area contributed by atoms with Gasteiger partial charge in [-0.3, -0.25) is 4.79 Å². The number of rotatable bonds is 7. The van der Waals surface area contributed by atoms with E-state index in [0.29, 0.717) is 17.2 Å². The Kier molecular flexibility index (Phi) is 5.98. The Balaban J connectivity index is 1.99. The van der Waals surface area contributed by atoms with Crippen LogP contribution in [0.4, 0.5) is 5.82 Å². The van der Waals surface area contributed by atoms with E-state index in [1.54, 1.807) is 31.2 Å². The first-order valence-corrected chi connectivity index (χ1v) is 9.39. The number of aryl methyl sites for hydroxylation is 1.